The van der Waals surface area contributed by atoms with Crippen molar-refractivity contribution in [2.45, 2.75) is 71.8 Å². The molecule has 4 fully saturated rings. The summed E-state index contributed by atoms with van der Waals surface area (Å²) in [5.41, 5.74) is -0.0909. The van der Waals surface area contributed by atoms with Crippen molar-refractivity contribution in [2.75, 3.05) is 20.1 Å². The summed E-state index contributed by atoms with van der Waals surface area (Å²) in [5.74, 6) is 1.78. The highest BCUT2D eigenvalue weighted by molar-refractivity contribution is 5.99. The van der Waals surface area contributed by atoms with E-state index in [0.29, 0.717) is 13.1 Å². The molecular weight excluding hydrogens is 390 g/mol. The number of hydrogen-bond donors (Lipinski definition) is 1. The van der Waals surface area contributed by atoms with Crippen molar-refractivity contribution in [1.82, 2.24) is 14.8 Å². The summed E-state index contributed by atoms with van der Waals surface area (Å²) < 4.78 is 1.85. The van der Waals surface area contributed by atoms with Crippen LogP contribution in [0.2, 0.25) is 0 Å². The van der Waals surface area contributed by atoms with Crippen LogP contribution >= 0.6 is 0 Å². The zero-order valence-corrected chi connectivity index (χ0v) is 19.4. The lowest BCUT2D eigenvalue weighted by atomic mass is 9.49. The fourth-order valence-electron chi connectivity index (χ4n) is 6.90. The quantitative estimate of drug-likeness (QED) is 0.718. The molecule has 0 unspecified atom stereocenters. The molecule has 0 spiro atoms. The summed E-state index contributed by atoms with van der Waals surface area (Å²) in [6, 6.07) is 0.0915. The average Bonchev–Trinajstić information content (AvgIpc) is 2.71. The molecule has 5 rings (SSSR count). The Bertz CT molecular complexity index is 884. The van der Waals surface area contributed by atoms with E-state index >= 15 is 0 Å². The van der Waals surface area contributed by atoms with Gasteiger partial charge < -0.3 is 14.8 Å². The molecule has 0 aromatic carbocycles. The molecule has 1 heterocycles. The number of rotatable bonds is 7. The Labute approximate surface area is 185 Å². The van der Waals surface area contributed by atoms with E-state index in [1.165, 1.54) is 38.5 Å². The molecular formula is C25H37N3O3. The van der Waals surface area contributed by atoms with Gasteiger partial charge in [0.15, 0.2) is 0 Å². The Kier molecular flexibility index (Phi) is 6.01. The largest absolute Gasteiger partial charge is 0.352 e. The van der Waals surface area contributed by atoms with Crippen molar-refractivity contribution in [3.8, 4) is 0 Å². The highest BCUT2D eigenvalue weighted by Crippen LogP contribution is 2.60. The Balaban J connectivity index is 1.62. The maximum absolute atomic E-state index is 13.5. The number of nitrogens with zero attached hydrogens (tertiary/aromatic N) is 2. The minimum atomic E-state index is -0.465. The molecule has 0 saturated heterocycles. The van der Waals surface area contributed by atoms with Crippen LogP contribution in [-0.4, -0.2) is 41.4 Å². The van der Waals surface area contributed by atoms with Gasteiger partial charge in [-0.1, -0.05) is 6.92 Å². The molecule has 4 aliphatic rings. The van der Waals surface area contributed by atoms with Crippen LogP contribution in [-0.2, 0) is 0 Å². The third kappa shape index (κ3) is 4.18. The zero-order valence-electron chi connectivity index (χ0n) is 19.4. The number of carbonyl (C=O) groups is 2. The molecule has 4 saturated carbocycles. The molecule has 1 aromatic rings. The van der Waals surface area contributed by atoms with Gasteiger partial charge in [-0.05, 0) is 82.0 Å². The second-order valence-electron chi connectivity index (χ2n) is 10.6. The van der Waals surface area contributed by atoms with E-state index in [9.17, 15) is 14.4 Å². The summed E-state index contributed by atoms with van der Waals surface area (Å²) >= 11 is 0. The molecule has 1 atom stereocenters. The van der Waals surface area contributed by atoms with E-state index in [1.807, 2.05) is 25.5 Å². The van der Waals surface area contributed by atoms with E-state index in [4.69, 9.17) is 0 Å². The average molecular weight is 428 g/mol. The maximum Gasteiger partial charge on any atom is 0.259 e. The number of pyridine rings is 1. The smallest absolute Gasteiger partial charge is 0.259 e. The fraction of sp³-hybridized carbons (Fsp3) is 0.720. The van der Waals surface area contributed by atoms with Gasteiger partial charge >= 0.3 is 0 Å². The highest BCUT2D eigenvalue weighted by atomic mass is 16.2. The summed E-state index contributed by atoms with van der Waals surface area (Å²) in [6.07, 6.45) is 11.8. The molecule has 170 valence electrons. The van der Waals surface area contributed by atoms with Crippen molar-refractivity contribution in [3.05, 3.63) is 33.7 Å². The lowest BCUT2D eigenvalue weighted by Crippen LogP contribution is -2.51. The summed E-state index contributed by atoms with van der Waals surface area (Å²) in [5, 5.41) is 2.71. The SMILES string of the molecule is CCNC(=O)c1cn([C@@H](C)CC)cc(C(=O)N(C)CC23CC4CC(CC(C4)C2)C3)c1=O. The van der Waals surface area contributed by atoms with Gasteiger partial charge in [-0.2, -0.15) is 0 Å². The van der Waals surface area contributed by atoms with Gasteiger partial charge in [0, 0.05) is 38.6 Å². The predicted octanol–water partition coefficient (Wildman–Crippen LogP) is 3.86. The van der Waals surface area contributed by atoms with Crippen LogP contribution < -0.4 is 10.7 Å². The Morgan fingerprint density at radius 1 is 1.10 bits per heavy atom. The van der Waals surface area contributed by atoms with Gasteiger partial charge in [-0.25, -0.2) is 0 Å². The van der Waals surface area contributed by atoms with Gasteiger partial charge in [-0.15, -0.1) is 0 Å². The maximum atomic E-state index is 13.5. The van der Waals surface area contributed by atoms with Crippen LogP contribution in [0, 0.1) is 23.2 Å². The first-order valence-corrected chi connectivity index (χ1v) is 12.0. The standard InChI is InChI=1S/C25H37N3O3/c1-5-16(3)28-13-20(23(30)26-6-2)22(29)21(14-28)24(31)27(4)15-25-10-17-7-18(11-25)9-19(8-17)12-25/h13-14,16-19H,5-12,15H2,1-4H3,(H,26,30)/t16-,17?,18?,19?,25?/m0/s1. The van der Waals surface area contributed by atoms with E-state index in [1.54, 1.807) is 17.3 Å². The lowest BCUT2D eigenvalue weighted by Gasteiger charge is -2.57. The van der Waals surface area contributed by atoms with Crippen molar-refractivity contribution in [3.63, 3.8) is 0 Å². The van der Waals surface area contributed by atoms with Crippen LogP contribution in [0.3, 0.4) is 0 Å². The van der Waals surface area contributed by atoms with Gasteiger partial charge in [-0.3, -0.25) is 14.4 Å². The lowest BCUT2D eigenvalue weighted by molar-refractivity contribution is -0.0629. The second kappa shape index (κ2) is 8.44. The normalized spacial score (nSPS) is 29.6. The molecule has 6 nitrogen and oxygen atoms in total. The van der Waals surface area contributed by atoms with Crippen LogP contribution in [0.4, 0.5) is 0 Å². The van der Waals surface area contributed by atoms with Crippen LogP contribution in [0.15, 0.2) is 17.2 Å². The first kappa shape index (κ1) is 22.1. The van der Waals surface area contributed by atoms with E-state index < -0.39 is 11.3 Å². The van der Waals surface area contributed by atoms with Gasteiger partial charge in [0.25, 0.3) is 11.8 Å². The molecule has 0 radical (unpaired) electrons. The molecule has 1 N–H and O–H groups in total. The molecule has 0 aliphatic heterocycles. The third-order valence-corrected chi connectivity index (χ3v) is 8.04. The van der Waals surface area contributed by atoms with Crippen molar-refractivity contribution < 1.29 is 9.59 Å². The van der Waals surface area contributed by atoms with Crippen molar-refractivity contribution in [1.29, 1.82) is 0 Å². The second-order valence-corrected chi connectivity index (χ2v) is 10.6. The van der Waals surface area contributed by atoms with E-state index in [-0.39, 0.29) is 28.5 Å². The first-order valence-electron chi connectivity index (χ1n) is 12.0. The molecule has 4 aliphatic carbocycles. The van der Waals surface area contributed by atoms with Gasteiger partial charge in [0.2, 0.25) is 5.43 Å². The summed E-state index contributed by atoms with van der Waals surface area (Å²) in [7, 11) is 1.83. The molecule has 2 amide bonds. The Morgan fingerprint density at radius 2 is 1.65 bits per heavy atom. The Morgan fingerprint density at radius 3 is 2.16 bits per heavy atom. The van der Waals surface area contributed by atoms with Crippen LogP contribution in [0.25, 0.3) is 0 Å². The monoisotopic (exact) mass is 427 g/mol. The summed E-state index contributed by atoms with van der Waals surface area (Å²) in [4.78, 5) is 40.9. The zero-order chi connectivity index (χ0) is 22.3. The van der Waals surface area contributed by atoms with Crippen molar-refractivity contribution >= 4 is 11.8 Å². The predicted molar refractivity (Wildman–Crippen MR) is 121 cm³/mol. The van der Waals surface area contributed by atoms with Crippen molar-refractivity contribution in [2.24, 2.45) is 23.2 Å². The fourth-order valence-corrected chi connectivity index (χ4v) is 6.90. The Hall–Kier alpha value is -2.11. The first-order chi connectivity index (χ1) is 14.7. The molecule has 31 heavy (non-hydrogen) atoms. The number of hydrogen-bond acceptors (Lipinski definition) is 3. The minimum Gasteiger partial charge on any atom is -0.352 e. The molecule has 4 bridgehead atoms. The number of carbonyl (C=O) groups excluding carboxylic acids is 2. The topological polar surface area (TPSA) is 71.4 Å². The number of aromatic nitrogens is 1. The van der Waals surface area contributed by atoms with Gasteiger partial charge in [0.05, 0.1) is 0 Å². The van der Waals surface area contributed by atoms with Gasteiger partial charge in [0.1, 0.15) is 11.1 Å². The highest BCUT2D eigenvalue weighted by Gasteiger charge is 2.51. The number of amides is 2. The molecule has 1 aromatic heterocycles. The number of nitrogens with one attached hydrogen (secondary N) is 1. The van der Waals surface area contributed by atoms with Crippen LogP contribution in [0.5, 0.6) is 0 Å². The van der Waals surface area contributed by atoms with Crippen LogP contribution in [0.1, 0.15) is 92.5 Å². The van der Waals surface area contributed by atoms with E-state index in [0.717, 1.165) is 24.2 Å². The summed E-state index contributed by atoms with van der Waals surface area (Å²) in [6.45, 7) is 7.04. The third-order valence-electron chi connectivity index (χ3n) is 8.04. The minimum absolute atomic E-state index is 0.0520. The molecule has 6 heteroatoms. The van der Waals surface area contributed by atoms with E-state index in [2.05, 4.69) is 12.2 Å².